The molecule has 1 aliphatic heterocycles. The van der Waals surface area contributed by atoms with Gasteiger partial charge in [0, 0.05) is 13.1 Å². The first kappa shape index (κ1) is 17.5. The van der Waals surface area contributed by atoms with Gasteiger partial charge in [0.1, 0.15) is 0 Å². The van der Waals surface area contributed by atoms with E-state index in [-0.39, 0.29) is 35.6 Å². The van der Waals surface area contributed by atoms with Crippen LogP contribution in [0.4, 0.5) is 0 Å². The van der Waals surface area contributed by atoms with Gasteiger partial charge in [-0.05, 0) is 19.3 Å². The first-order valence-corrected chi connectivity index (χ1v) is 7.55. The van der Waals surface area contributed by atoms with E-state index >= 15 is 0 Å². The van der Waals surface area contributed by atoms with Crippen LogP contribution >= 0.6 is 24.0 Å². The van der Waals surface area contributed by atoms with Gasteiger partial charge in [-0.25, -0.2) is 8.42 Å². The molecule has 5 nitrogen and oxygen atoms in total. The lowest BCUT2D eigenvalue weighted by atomic mass is 10.1. The molecule has 2 N–H and O–H groups in total. The maximum Gasteiger partial charge on any atom is 0.192 e. The Bertz CT molecular complexity index is 414. The molecule has 0 amide bonds. The minimum Gasteiger partial charge on any atom is -0.357 e. The number of halogens is 1. The minimum atomic E-state index is -2.82. The third kappa shape index (κ3) is 6.44. The lowest BCUT2D eigenvalue weighted by Crippen LogP contribution is -2.37. The summed E-state index contributed by atoms with van der Waals surface area (Å²) in [5, 5.41) is 6.02. The van der Waals surface area contributed by atoms with Crippen LogP contribution in [-0.4, -0.2) is 45.5 Å². The third-order valence-corrected chi connectivity index (χ3v) is 4.37. The Morgan fingerprint density at radius 2 is 2.22 bits per heavy atom. The zero-order valence-electron chi connectivity index (χ0n) is 10.5. The summed E-state index contributed by atoms with van der Waals surface area (Å²) in [6.07, 6.45) is 5.86. The van der Waals surface area contributed by atoms with Gasteiger partial charge in [0.2, 0.25) is 0 Å². The Balaban J connectivity index is 0.00000289. The Morgan fingerprint density at radius 3 is 2.72 bits per heavy atom. The van der Waals surface area contributed by atoms with Crippen LogP contribution in [0.5, 0.6) is 0 Å². The summed E-state index contributed by atoms with van der Waals surface area (Å²) in [6.45, 7) is 3.65. The number of aliphatic imine (C=N–C) groups is 1. The Morgan fingerprint density at radius 1 is 1.50 bits per heavy atom. The number of hydrogen-bond acceptors (Lipinski definition) is 3. The molecule has 0 radical (unpaired) electrons. The highest BCUT2D eigenvalue weighted by Gasteiger charge is 2.27. The molecule has 1 heterocycles. The van der Waals surface area contributed by atoms with Gasteiger partial charge in [0.05, 0.1) is 18.1 Å². The largest absolute Gasteiger partial charge is 0.357 e. The van der Waals surface area contributed by atoms with Crippen LogP contribution < -0.4 is 10.6 Å². The van der Waals surface area contributed by atoms with Gasteiger partial charge in [-0.2, -0.15) is 0 Å². The van der Waals surface area contributed by atoms with Gasteiger partial charge in [-0.15, -0.1) is 30.4 Å². The fourth-order valence-electron chi connectivity index (χ4n) is 1.71. The number of sulfone groups is 1. The summed E-state index contributed by atoms with van der Waals surface area (Å²) >= 11 is 0. The molecule has 1 saturated heterocycles. The van der Waals surface area contributed by atoms with Crippen LogP contribution in [-0.2, 0) is 9.84 Å². The molecule has 0 aliphatic carbocycles. The monoisotopic (exact) mass is 385 g/mol. The van der Waals surface area contributed by atoms with Crippen molar-refractivity contribution in [2.75, 3.05) is 31.1 Å². The molecule has 0 aromatic heterocycles. The number of guanidine groups is 1. The van der Waals surface area contributed by atoms with Gasteiger partial charge in [0.25, 0.3) is 0 Å². The molecule has 1 aliphatic rings. The molecule has 1 rings (SSSR count). The molecule has 104 valence electrons. The van der Waals surface area contributed by atoms with Crippen LogP contribution in [0.2, 0.25) is 0 Å². The number of rotatable bonds is 4. The molecular formula is C11H20IN3O2S. The van der Waals surface area contributed by atoms with Crippen LogP contribution in [0.1, 0.15) is 13.3 Å². The van der Waals surface area contributed by atoms with E-state index in [9.17, 15) is 8.42 Å². The topological polar surface area (TPSA) is 70.6 Å². The van der Waals surface area contributed by atoms with Crippen molar-refractivity contribution in [2.24, 2.45) is 10.9 Å². The highest BCUT2D eigenvalue weighted by molar-refractivity contribution is 14.0. The molecule has 0 bridgehead atoms. The third-order valence-electron chi connectivity index (χ3n) is 2.54. The van der Waals surface area contributed by atoms with Crippen molar-refractivity contribution in [1.82, 2.24) is 10.6 Å². The van der Waals surface area contributed by atoms with E-state index in [1.807, 2.05) is 6.92 Å². The predicted molar refractivity (Wildman–Crippen MR) is 85.0 cm³/mol. The molecule has 1 unspecified atom stereocenters. The fraction of sp³-hybridized carbons (Fsp3) is 0.727. The number of hydrogen-bond donors (Lipinski definition) is 2. The van der Waals surface area contributed by atoms with E-state index < -0.39 is 9.84 Å². The summed E-state index contributed by atoms with van der Waals surface area (Å²) in [4.78, 5) is 4.33. The van der Waals surface area contributed by atoms with Crippen LogP contribution in [0.3, 0.4) is 0 Å². The summed E-state index contributed by atoms with van der Waals surface area (Å²) in [6, 6.07) is 0. The van der Waals surface area contributed by atoms with E-state index in [0.29, 0.717) is 31.2 Å². The van der Waals surface area contributed by atoms with Gasteiger partial charge in [-0.1, -0.05) is 5.92 Å². The normalized spacial score (nSPS) is 21.8. The van der Waals surface area contributed by atoms with Crippen molar-refractivity contribution < 1.29 is 8.42 Å². The predicted octanol–water partition coefficient (Wildman–Crippen LogP) is 0.227. The Kier molecular flexibility index (Phi) is 8.35. The van der Waals surface area contributed by atoms with Crippen molar-refractivity contribution in [3.05, 3.63) is 0 Å². The number of nitrogens with zero attached hydrogens (tertiary/aromatic N) is 1. The molecule has 0 saturated carbocycles. The van der Waals surface area contributed by atoms with Crippen LogP contribution in [0, 0.1) is 18.3 Å². The number of terminal acetylenes is 1. The Hall–Kier alpha value is -0.490. The molecule has 7 heteroatoms. The van der Waals surface area contributed by atoms with Crippen molar-refractivity contribution in [3.63, 3.8) is 0 Å². The van der Waals surface area contributed by atoms with E-state index in [0.717, 1.165) is 6.54 Å². The average molecular weight is 385 g/mol. The Labute approximate surface area is 126 Å². The van der Waals surface area contributed by atoms with E-state index in [1.54, 1.807) is 0 Å². The van der Waals surface area contributed by atoms with Gasteiger partial charge < -0.3 is 10.6 Å². The van der Waals surface area contributed by atoms with E-state index in [1.165, 1.54) is 0 Å². The maximum atomic E-state index is 11.3. The van der Waals surface area contributed by atoms with Gasteiger partial charge in [-0.3, -0.25) is 4.99 Å². The average Bonchev–Trinajstić information content (AvgIpc) is 2.62. The summed E-state index contributed by atoms with van der Waals surface area (Å²) in [5.74, 6) is 3.81. The van der Waals surface area contributed by atoms with Crippen molar-refractivity contribution in [3.8, 4) is 12.3 Å². The molecule has 0 aromatic rings. The molecule has 1 fully saturated rings. The molecule has 0 spiro atoms. The SMILES string of the molecule is C#CCNC(=NCC1CCS(=O)(=O)C1)NCC.I. The second-order valence-corrected chi connectivity index (χ2v) is 6.28. The smallest absolute Gasteiger partial charge is 0.192 e. The summed E-state index contributed by atoms with van der Waals surface area (Å²) < 4.78 is 22.6. The standard InChI is InChI=1S/C11H19N3O2S.HI/c1-3-6-13-11(12-4-2)14-8-10-5-7-17(15,16)9-10;/h1,10H,4-9H2,2H3,(H2,12,13,14);1H. The second-order valence-electron chi connectivity index (χ2n) is 4.05. The molecular weight excluding hydrogens is 365 g/mol. The quantitative estimate of drug-likeness (QED) is 0.315. The first-order valence-electron chi connectivity index (χ1n) is 5.73. The highest BCUT2D eigenvalue weighted by atomic mass is 127. The molecule has 18 heavy (non-hydrogen) atoms. The van der Waals surface area contributed by atoms with Crippen LogP contribution in [0.15, 0.2) is 4.99 Å². The van der Waals surface area contributed by atoms with Crippen molar-refractivity contribution >= 4 is 39.8 Å². The lowest BCUT2D eigenvalue weighted by Gasteiger charge is -2.10. The minimum absolute atomic E-state index is 0. The summed E-state index contributed by atoms with van der Waals surface area (Å²) in [5.41, 5.74) is 0. The number of nitrogens with one attached hydrogen (secondary N) is 2. The maximum absolute atomic E-state index is 11.3. The summed E-state index contributed by atoms with van der Waals surface area (Å²) in [7, 11) is -2.82. The van der Waals surface area contributed by atoms with Gasteiger partial charge >= 0.3 is 0 Å². The van der Waals surface area contributed by atoms with E-state index in [4.69, 9.17) is 6.42 Å². The van der Waals surface area contributed by atoms with Gasteiger partial charge in [0.15, 0.2) is 15.8 Å². The highest BCUT2D eigenvalue weighted by Crippen LogP contribution is 2.18. The lowest BCUT2D eigenvalue weighted by molar-refractivity contribution is 0.590. The second kappa shape index (κ2) is 8.58. The fourth-order valence-corrected chi connectivity index (χ4v) is 3.56. The molecule has 1 atom stereocenters. The zero-order valence-corrected chi connectivity index (χ0v) is 13.6. The van der Waals surface area contributed by atoms with Crippen molar-refractivity contribution in [2.45, 2.75) is 13.3 Å². The molecule has 0 aromatic carbocycles. The zero-order chi connectivity index (χ0) is 12.7. The first-order chi connectivity index (χ1) is 8.07. The van der Waals surface area contributed by atoms with E-state index in [2.05, 4.69) is 21.5 Å². The van der Waals surface area contributed by atoms with Crippen molar-refractivity contribution in [1.29, 1.82) is 0 Å². The van der Waals surface area contributed by atoms with Crippen LogP contribution in [0.25, 0.3) is 0 Å².